The second-order valence-corrected chi connectivity index (χ2v) is 9.43. The monoisotopic (exact) mass is 520 g/mol. The van der Waals surface area contributed by atoms with Crippen LogP contribution in [-0.4, -0.2) is 53.4 Å². The van der Waals surface area contributed by atoms with Crippen LogP contribution in [0, 0.1) is 0 Å². The Kier molecular flexibility index (Phi) is 8.58. The molecule has 4 atom stereocenters. The van der Waals surface area contributed by atoms with Gasteiger partial charge in [0.25, 0.3) is 0 Å². The number of benzene rings is 3. The van der Waals surface area contributed by atoms with Crippen molar-refractivity contribution in [2.45, 2.75) is 29.8 Å². The van der Waals surface area contributed by atoms with Crippen molar-refractivity contribution in [1.82, 2.24) is 0 Å². The molecule has 37 heavy (non-hydrogen) atoms. The lowest BCUT2D eigenvalue weighted by atomic mass is 10.1. The Labute approximate surface area is 217 Å². The average molecular weight is 521 g/mol. The minimum Gasteiger partial charge on any atom is -0.461 e. The fraction of sp³-hybridized carbons (Fsp3) is 0.214. The van der Waals surface area contributed by atoms with Crippen molar-refractivity contribution < 1.29 is 38.1 Å². The summed E-state index contributed by atoms with van der Waals surface area (Å²) < 4.78 is 22.4. The Bertz CT molecular complexity index is 1230. The zero-order chi connectivity index (χ0) is 26.2. The van der Waals surface area contributed by atoms with E-state index in [0.29, 0.717) is 5.56 Å². The van der Waals surface area contributed by atoms with Crippen molar-refractivity contribution in [3.8, 4) is 0 Å². The minimum atomic E-state index is -1.14. The molecule has 1 fully saturated rings. The number of thioether (sulfide) groups is 1. The summed E-state index contributed by atoms with van der Waals surface area (Å²) >= 11 is 1.09. The molecule has 0 saturated carbocycles. The van der Waals surface area contributed by atoms with Crippen LogP contribution in [0.25, 0.3) is 0 Å². The summed E-state index contributed by atoms with van der Waals surface area (Å²) in [4.78, 5) is 50.2. The molecule has 1 saturated heterocycles. The molecule has 2 unspecified atom stereocenters. The first-order valence-corrected chi connectivity index (χ1v) is 12.4. The molecule has 1 aliphatic heterocycles. The Morgan fingerprint density at radius 1 is 0.622 bits per heavy atom. The van der Waals surface area contributed by atoms with Crippen LogP contribution in [0.15, 0.2) is 91.0 Å². The van der Waals surface area contributed by atoms with E-state index in [1.165, 1.54) is 6.92 Å². The van der Waals surface area contributed by atoms with Gasteiger partial charge in [-0.05, 0) is 36.4 Å². The van der Waals surface area contributed by atoms with E-state index in [1.54, 1.807) is 91.0 Å². The molecular formula is C28H24O8S. The highest BCUT2D eigenvalue weighted by Crippen LogP contribution is 2.40. The Morgan fingerprint density at radius 3 is 1.51 bits per heavy atom. The first-order chi connectivity index (χ1) is 17.9. The van der Waals surface area contributed by atoms with E-state index in [9.17, 15) is 19.2 Å². The third-order valence-electron chi connectivity index (χ3n) is 5.44. The van der Waals surface area contributed by atoms with Crippen molar-refractivity contribution in [2.24, 2.45) is 0 Å². The topological polar surface area (TPSA) is 105 Å². The van der Waals surface area contributed by atoms with E-state index >= 15 is 0 Å². The number of carbonyl (C=O) groups excluding carboxylic acids is 4. The van der Waals surface area contributed by atoms with Gasteiger partial charge in [0.1, 0.15) is 6.61 Å². The van der Waals surface area contributed by atoms with Gasteiger partial charge in [-0.25, -0.2) is 14.4 Å². The molecule has 0 aliphatic carbocycles. The number of esters is 4. The Morgan fingerprint density at radius 2 is 1.05 bits per heavy atom. The molecule has 0 spiro atoms. The number of ether oxygens (including phenoxy) is 4. The van der Waals surface area contributed by atoms with Crippen LogP contribution in [0.1, 0.15) is 38.0 Å². The van der Waals surface area contributed by atoms with Gasteiger partial charge in [-0.3, -0.25) is 4.79 Å². The van der Waals surface area contributed by atoms with Gasteiger partial charge in [-0.1, -0.05) is 54.6 Å². The van der Waals surface area contributed by atoms with Gasteiger partial charge < -0.3 is 18.9 Å². The molecule has 1 heterocycles. The van der Waals surface area contributed by atoms with Crippen molar-refractivity contribution >= 4 is 35.6 Å². The quantitative estimate of drug-likeness (QED) is 0.317. The van der Waals surface area contributed by atoms with Crippen LogP contribution in [0.5, 0.6) is 0 Å². The molecule has 0 aromatic heterocycles. The summed E-state index contributed by atoms with van der Waals surface area (Å²) in [6.07, 6.45) is -2.21. The fourth-order valence-electron chi connectivity index (χ4n) is 3.70. The highest BCUT2D eigenvalue weighted by Gasteiger charge is 2.51. The summed E-state index contributed by atoms with van der Waals surface area (Å²) in [6.45, 7) is 1.05. The molecule has 0 radical (unpaired) electrons. The number of hydrogen-bond acceptors (Lipinski definition) is 9. The summed E-state index contributed by atoms with van der Waals surface area (Å²) in [5.74, 6) is -2.50. The smallest absolute Gasteiger partial charge is 0.338 e. The third kappa shape index (κ3) is 6.77. The van der Waals surface area contributed by atoms with Crippen molar-refractivity contribution in [2.75, 3.05) is 6.61 Å². The van der Waals surface area contributed by atoms with E-state index < -0.39 is 46.8 Å². The zero-order valence-electron chi connectivity index (χ0n) is 19.9. The summed E-state index contributed by atoms with van der Waals surface area (Å²) in [5.41, 5.74) is -0.0659. The molecule has 9 heteroatoms. The number of carbonyl (C=O) groups is 4. The van der Waals surface area contributed by atoms with E-state index in [1.807, 2.05) is 0 Å². The maximum absolute atomic E-state index is 12.9. The average Bonchev–Trinajstić information content (AvgIpc) is 3.23. The Hall–Kier alpha value is -4.11. The SMILES string of the molecule is CC(=O)OC1S[C@@H](COC(=O)c2ccccc2)[C@H](OC(=O)c2ccccc2)C1OC(=O)c1ccccc1. The van der Waals surface area contributed by atoms with Crippen LogP contribution in [0.2, 0.25) is 0 Å². The lowest BCUT2D eigenvalue weighted by Gasteiger charge is -2.25. The molecular weight excluding hydrogens is 496 g/mol. The third-order valence-corrected chi connectivity index (χ3v) is 6.83. The summed E-state index contributed by atoms with van der Waals surface area (Å²) in [7, 11) is 0. The molecule has 0 N–H and O–H groups in total. The maximum Gasteiger partial charge on any atom is 0.338 e. The number of hydrogen-bond donors (Lipinski definition) is 0. The molecule has 190 valence electrons. The number of rotatable bonds is 8. The van der Waals surface area contributed by atoms with E-state index in [4.69, 9.17) is 18.9 Å². The lowest BCUT2D eigenvalue weighted by Crippen LogP contribution is -2.42. The zero-order valence-corrected chi connectivity index (χ0v) is 20.7. The lowest BCUT2D eigenvalue weighted by molar-refractivity contribution is -0.148. The van der Waals surface area contributed by atoms with Crippen molar-refractivity contribution in [3.63, 3.8) is 0 Å². The molecule has 0 bridgehead atoms. The predicted molar refractivity (Wildman–Crippen MR) is 135 cm³/mol. The van der Waals surface area contributed by atoms with Crippen LogP contribution >= 0.6 is 11.8 Å². The van der Waals surface area contributed by atoms with Crippen molar-refractivity contribution in [3.05, 3.63) is 108 Å². The molecule has 3 aromatic carbocycles. The standard InChI is InChI=1S/C28H24O8S/c1-18(29)34-28-24(36-27(32)21-15-9-4-10-16-21)23(35-26(31)20-13-7-3-8-14-20)22(37-28)17-33-25(30)19-11-5-2-6-12-19/h2-16,22-24,28H,17H2,1H3/t22-,23-,24?,28?/m0/s1. The van der Waals surface area contributed by atoms with Gasteiger partial charge in [0.05, 0.1) is 21.9 Å². The minimum absolute atomic E-state index is 0.178. The largest absolute Gasteiger partial charge is 0.461 e. The molecule has 0 amide bonds. The first kappa shape index (κ1) is 26.0. The van der Waals surface area contributed by atoms with E-state index in [0.717, 1.165) is 11.8 Å². The van der Waals surface area contributed by atoms with Gasteiger partial charge in [0.2, 0.25) is 0 Å². The van der Waals surface area contributed by atoms with Gasteiger partial charge >= 0.3 is 23.9 Å². The summed E-state index contributed by atoms with van der Waals surface area (Å²) in [5, 5.41) is -0.682. The summed E-state index contributed by atoms with van der Waals surface area (Å²) in [6, 6.07) is 25.0. The van der Waals surface area contributed by atoms with Crippen LogP contribution in [0.4, 0.5) is 0 Å². The van der Waals surface area contributed by atoms with E-state index in [2.05, 4.69) is 0 Å². The van der Waals surface area contributed by atoms with E-state index in [-0.39, 0.29) is 17.7 Å². The van der Waals surface area contributed by atoms with Gasteiger partial charge in [-0.15, -0.1) is 11.8 Å². The molecule has 4 rings (SSSR count). The second-order valence-electron chi connectivity index (χ2n) is 8.09. The van der Waals surface area contributed by atoms with Crippen LogP contribution in [-0.2, 0) is 23.7 Å². The molecule has 1 aliphatic rings. The highest BCUT2D eigenvalue weighted by molar-refractivity contribution is 8.00. The normalized spacial score (nSPS) is 20.5. The van der Waals surface area contributed by atoms with Gasteiger partial charge in [-0.2, -0.15) is 0 Å². The highest BCUT2D eigenvalue weighted by atomic mass is 32.2. The molecule has 3 aromatic rings. The predicted octanol–water partition coefficient (Wildman–Crippen LogP) is 4.30. The molecule has 8 nitrogen and oxygen atoms in total. The van der Waals surface area contributed by atoms with Crippen LogP contribution < -0.4 is 0 Å². The maximum atomic E-state index is 12.9. The van der Waals surface area contributed by atoms with Gasteiger partial charge in [0.15, 0.2) is 17.6 Å². The van der Waals surface area contributed by atoms with Gasteiger partial charge in [0, 0.05) is 6.92 Å². The first-order valence-electron chi connectivity index (χ1n) is 11.5. The second kappa shape index (κ2) is 12.2. The fourth-order valence-corrected chi connectivity index (χ4v) is 5.11. The van der Waals surface area contributed by atoms with Crippen molar-refractivity contribution in [1.29, 1.82) is 0 Å². The Balaban J connectivity index is 1.58. The van der Waals surface area contributed by atoms with Crippen LogP contribution in [0.3, 0.4) is 0 Å².